The zero-order valence-electron chi connectivity index (χ0n) is 17.3. The molecule has 29 heavy (non-hydrogen) atoms. The minimum atomic E-state index is 0.568. The Bertz CT molecular complexity index is 881. The minimum Gasteiger partial charge on any atom is -0.496 e. The van der Waals surface area contributed by atoms with Crippen molar-refractivity contribution < 1.29 is 15.0 Å². The molecule has 3 nitrogen and oxygen atoms in total. The summed E-state index contributed by atoms with van der Waals surface area (Å²) in [4.78, 5) is 1.69. The van der Waals surface area contributed by atoms with E-state index >= 15 is 0 Å². The normalized spacial score (nSPS) is 21.6. The third-order valence-corrected chi connectivity index (χ3v) is 6.21. The van der Waals surface area contributed by atoms with E-state index in [-0.39, 0.29) is 0 Å². The summed E-state index contributed by atoms with van der Waals surface area (Å²) in [5, 5.41) is 2.54. The Hall–Kier alpha value is -2.62. The van der Waals surface area contributed by atoms with Crippen molar-refractivity contribution in [1.29, 1.82) is 0 Å². The van der Waals surface area contributed by atoms with Crippen LogP contribution in [-0.2, 0) is 13.1 Å². The predicted molar refractivity (Wildman–Crippen MR) is 117 cm³/mol. The Morgan fingerprint density at radius 3 is 2.34 bits per heavy atom. The van der Waals surface area contributed by atoms with Crippen molar-refractivity contribution in [3.63, 3.8) is 0 Å². The number of benzene rings is 3. The monoisotopic (exact) mass is 388 g/mol. The number of methoxy groups -OCH3 is 1. The molecular weight excluding hydrogens is 356 g/mol. The highest BCUT2D eigenvalue weighted by Crippen LogP contribution is 2.21. The van der Waals surface area contributed by atoms with Crippen LogP contribution >= 0.6 is 0 Å². The third kappa shape index (κ3) is 5.06. The lowest BCUT2D eigenvalue weighted by atomic mass is 9.85. The SMILES string of the molecule is COc1ccccc1C[NH2+][C@H]1CC[NH+](Cc2ccccc2)C[C@@H]1c1ccccc1. The smallest absolute Gasteiger partial charge is 0.127 e. The van der Waals surface area contributed by atoms with Gasteiger partial charge in [0.05, 0.1) is 26.1 Å². The molecule has 3 N–H and O–H groups in total. The Morgan fingerprint density at radius 1 is 0.897 bits per heavy atom. The topological polar surface area (TPSA) is 30.3 Å². The van der Waals surface area contributed by atoms with Crippen LogP contribution in [0.25, 0.3) is 0 Å². The summed E-state index contributed by atoms with van der Waals surface area (Å²) in [5.74, 6) is 1.56. The van der Waals surface area contributed by atoms with Gasteiger partial charge in [0.2, 0.25) is 0 Å². The van der Waals surface area contributed by atoms with E-state index in [1.54, 1.807) is 12.0 Å². The van der Waals surface area contributed by atoms with Crippen molar-refractivity contribution in [2.45, 2.75) is 31.5 Å². The average molecular weight is 389 g/mol. The van der Waals surface area contributed by atoms with Gasteiger partial charge < -0.3 is 15.0 Å². The van der Waals surface area contributed by atoms with Gasteiger partial charge in [-0.15, -0.1) is 0 Å². The van der Waals surface area contributed by atoms with Crippen LogP contribution in [0, 0.1) is 0 Å². The molecule has 150 valence electrons. The van der Waals surface area contributed by atoms with Crippen molar-refractivity contribution in [1.82, 2.24) is 0 Å². The fourth-order valence-electron chi connectivity index (χ4n) is 4.68. The molecule has 1 saturated heterocycles. The second kappa shape index (κ2) is 9.73. The van der Waals surface area contributed by atoms with Gasteiger partial charge in [-0.25, -0.2) is 0 Å². The van der Waals surface area contributed by atoms with E-state index in [9.17, 15) is 0 Å². The first-order valence-corrected chi connectivity index (χ1v) is 10.7. The Balaban J connectivity index is 1.47. The highest BCUT2D eigenvalue weighted by atomic mass is 16.5. The summed E-state index contributed by atoms with van der Waals surface area (Å²) in [6.07, 6.45) is 1.23. The fourth-order valence-corrected chi connectivity index (χ4v) is 4.68. The van der Waals surface area contributed by atoms with Gasteiger partial charge in [0.15, 0.2) is 0 Å². The molecule has 0 aromatic heterocycles. The first kappa shape index (κ1) is 19.7. The molecule has 0 saturated carbocycles. The molecule has 1 heterocycles. The van der Waals surface area contributed by atoms with Gasteiger partial charge in [0.25, 0.3) is 0 Å². The molecule has 3 aromatic rings. The first-order valence-electron chi connectivity index (χ1n) is 10.7. The third-order valence-electron chi connectivity index (χ3n) is 6.21. The number of quaternary nitrogens is 2. The summed E-state index contributed by atoms with van der Waals surface area (Å²) in [6.45, 7) is 4.49. The van der Waals surface area contributed by atoms with Crippen molar-refractivity contribution in [2.75, 3.05) is 20.2 Å². The van der Waals surface area contributed by atoms with Gasteiger partial charge >= 0.3 is 0 Å². The van der Waals surface area contributed by atoms with Crippen LogP contribution in [0.2, 0.25) is 0 Å². The molecule has 0 amide bonds. The maximum absolute atomic E-state index is 5.56. The molecule has 0 aliphatic carbocycles. The van der Waals surface area contributed by atoms with Crippen molar-refractivity contribution in [2.24, 2.45) is 0 Å². The molecule has 0 radical (unpaired) electrons. The number of rotatable bonds is 7. The summed E-state index contributed by atoms with van der Waals surface area (Å²) >= 11 is 0. The zero-order valence-corrected chi connectivity index (χ0v) is 17.3. The number of hydrogen-bond donors (Lipinski definition) is 2. The van der Waals surface area contributed by atoms with Crippen LogP contribution in [0.15, 0.2) is 84.9 Å². The van der Waals surface area contributed by atoms with Crippen molar-refractivity contribution >= 4 is 0 Å². The summed E-state index contributed by atoms with van der Waals surface area (Å²) < 4.78 is 5.56. The molecule has 4 rings (SSSR count). The number of nitrogens with two attached hydrogens (primary N) is 1. The highest BCUT2D eigenvalue weighted by Gasteiger charge is 2.35. The van der Waals surface area contributed by atoms with E-state index in [1.165, 1.54) is 36.2 Å². The summed E-state index contributed by atoms with van der Waals surface area (Å²) in [5.41, 5.74) is 4.19. The van der Waals surface area contributed by atoms with Crippen LogP contribution < -0.4 is 15.0 Å². The second-order valence-electron chi connectivity index (χ2n) is 8.09. The molecule has 3 atom stereocenters. The first-order chi connectivity index (χ1) is 14.3. The number of para-hydroxylation sites is 1. The highest BCUT2D eigenvalue weighted by molar-refractivity contribution is 5.32. The van der Waals surface area contributed by atoms with E-state index in [4.69, 9.17) is 4.74 Å². The number of ether oxygens (including phenoxy) is 1. The van der Waals surface area contributed by atoms with Crippen molar-refractivity contribution in [3.05, 3.63) is 102 Å². The van der Waals surface area contributed by atoms with Gasteiger partial charge in [0, 0.05) is 17.5 Å². The lowest BCUT2D eigenvalue weighted by molar-refractivity contribution is -0.928. The molecular formula is C26H32N2O+2. The van der Waals surface area contributed by atoms with Crippen LogP contribution in [0.3, 0.4) is 0 Å². The predicted octanol–water partition coefficient (Wildman–Crippen LogP) is 2.40. The van der Waals surface area contributed by atoms with E-state index in [0.717, 1.165) is 18.8 Å². The van der Waals surface area contributed by atoms with E-state index in [0.29, 0.717) is 12.0 Å². The largest absolute Gasteiger partial charge is 0.496 e. The molecule has 1 aliphatic rings. The van der Waals surface area contributed by atoms with Gasteiger partial charge in [-0.1, -0.05) is 72.8 Å². The quantitative estimate of drug-likeness (QED) is 0.640. The maximum Gasteiger partial charge on any atom is 0.127 e. The zero-order chi connectivity index (χ0) is 19.9. The number of piperidine rings is 1. The Morgan fingerprint density at radius 2 is 1.59 bits per heavy atom. The van der Waals surface area contributed by atoms with Crippen LogP contribution in [0.4, 0.5) is 0 Å². The number of hydrogen-bond acceptors (Lipinski definition) is 1. The van der Waals surface area contributed by atoms with E-state index < -0.39 is 0 Å². The van der Waals surface area contributed by atoms with Crippen molar-refractivity contribution in [3.8, 4) is 5.75 Å². The van der Waals surface area contributed by atoms with Crippen LogP contribution in [0.5, 0.6) is 5.75 Å². The molecule has 1 fully saturated rings. The van der Waals surface area contributed by atoms with Crippen LogP contribution in [-0.4, -0.2) is 26.2 Å². The Labute approximate surface area is 174 Å². The number of nitrogens with one attached hydrogen (secondary N) is 1. The maximum atomic E-state index is 5.56. The molecule has 3 aromatic carbocycles. The lowest BCUT2D eigenvalue weighted by Gasteiger charge is -2.35. The van der Waals surface area contributed by atoms with E-state index in [1.807, 2.05) is 6.07 Å². The lowest BCUT2D eigenvalue weighted by Crippen LogP contribution is -3.14. The molecule has 1 aliphatic heterocycles. The van der Waals surface area contributed by atoms with Gasteiger partial charge in [0.1, 0.15) is 24.9 Å². The molecule has 0 spiro atoms. The minimum absolute atomic E-state index is 0.568. The molecule has 0 bridgehead atoms. The summed E-state index contributed by atoms with van der Waals surface area (Å²) in [6, 6.07) is 31.0. The van der Waals surface area contributed by atoms with E-state index in [2.05, 4.69) is 84.2 Å². The van der Waals surface area contributed by atoms with Gasteiger partial charge in [-0.05, 0) is 17.7 Å². The average Bonchev–Trinajstić information content (AvgIpc) is 2.79. The second-order valence-corrected chi connectivity index (χ2v) is 8.09. The summed E-state index contributed by atoms with van der Waals surface area (Å²) in [7, 11) is 1.76. The van der Waals surface area contributed by atoms with Gasteiger partial charge in [-0.2, -0.15) is 0 Å². The Kier molecular flexibility index (Phi) is 6.60. The fraction of sp³-hybridized carbons (Fsp3) is 0.308. The van der Waals surface area contributed by atoms with Crippen LogP contribution in [0.1, 0.15) is 29.0 Å². The van der Waals surface area contributed by atoms with Gasteiger partial charge in [-0.3, -0.25) is 0 Å². The molecule has 3 heteroatoms. The number of likely N-dealkylation sites (tertiary alicyclic amines) is 1. The standard InChI is InChI=1S/C26H30N2O/c1-29-26-15-9-8-14-23(26)18-27-25-16-17-28(19-21-10-4-2-5-11-21)20-24(25)22-12-6-3-7-13-22/h2-15,24-25,27H,16-20H2,1H3/p+2/t24-,25+/m1/s1. The molecule has 1 unspecified atom stereocenters.